The molecule has 0 radical (unpaired) electrons. The summed E-state index contributed by atoms with van der Waals surface area (Å²) in [6, 6.07) is 14.3. The third-order valence-electron chi connectivity index (χ3n) is 8.18. The van der Waals surface area contributed by atoms with Crippen LogP contribution >= 0.6 is 0 Å². The van der Waals surface area contributed by atoms with Gasteiger partial charge < -0.3 is 0 Å². The van der Waals surface area contributed by atoms with Crippen LogP contribution in [0.4, 0.5) is 4.39 Å². The monoisotopic (exact) mass is 550 g/mol. The van der Waals surface area contributed by atoms with Crippen molar-refractivity contribution in [3.63, 3.8) is 0 Å². The number of pyridine rings is 1. The minimum absolute atomic E-state index is 0.153. The van der Waals surface area contributed by atoms with Gasteiger partial charge in [0.05, 0.1) is 17.3 Å². The van der Waals surface area contributed by atoms with E-state index in [9.17, 15) is 14.4 Å². The van der Waals surface area contributed by atoms with Crippen molar-refractivity contribution in [1.29, 1.82) is 0 Å². The molecule has 0 spiro atoms. The van der Waals surface area contributed by atoms with Crippen molar-refractivity contribution >= 4 is 28.4 Å². The lowest BCUT2D eigenvalue weighted by atomic mass is 9.79. The maximum absolute atomic E-state index is 15.1. The normalized spacial score (nSPS) is 17.6. The molecule has 1 aliphatic carbocycles. The van der Waals surface area contributed by atoms with E-state index in [1.807, 2.05) is 38.1 Å². The molecule has 1 N–H and O–H groups in total. The van der Waals surface area contributed by atoms with Crippen LogP contribution in [0, 0.1) is 31.5 Å². The number of rotatable bonds is 9. The molecule has 0 saturated heterocycles. The van der Waals surface area contributed by atoms with Crippen molar-refractivity contribution < 1.29 is 18.8 Å². The Bertz CT molecular complexity index is 1720. The van der Waals surface area contributed by atoms with Crippen LogP contribution < -0.4 is 5.32 Å². The summed E-state index contributed by atoms with van der Waals surface area (Å²) in [6.07, 6.45) is 8.71. The summed E-state index contributed by atoms with van der Waals surface area (Å²) in [4.78, 5) is 42.5. The lowest BCUT2D eigenvalue weighted by molar-refractivity contribution is -0.131. The fraction of sp³-hybridized carbons (Fsp3) is 0.303. The molecule has 2 atom stereocenters. The molecule has 41 heavy (non-hydrogen) atoms. The Morgan fingerprint density at radius 1 is 1.10 bits per heavy atom. The highest BCUT2D eigenvalue weighted by atomic mass is 19.1. The number of halogens is 1. The van der Waals surface area contributed by atoms with Crippen molar-refractivity contribution in [3.8, 4) is 5.69 Å². The molecule has 2 aliphatic rings. The van der Waals surface area contributed by atoms with Crippen LogP contribution in [0.1, 0.15) is 64.6 Å². The smallest absolute Gasteiger partial charge is 0.250 e. The van der Waals surface area contributed by atoms with E-state index in [1.165, 1.54) is 25.0 Å². The molecule has 1 saturated carbocycles. The Morgan fingerprint density at radius 3 is 2.71 bits per heavy atom. The average Bonchev–Trinajstić information content (AvgIpc) is 3.70. The van der Waals surface area contributed by atoms with Gasteiger partial charge in [0.25, 0.3) is 0 Å². The van der Waals surface area contributed by atoms with Crippen LogP contribution in [0.2, 0.25) is 0 Å². The third kappa shape index (κ3) is 5.59. The molecule has 7 nitrogen and oxygen atoms in total. The van der Waals surface area contributed by atoms with Crippen molar-refractivity contribution in [2.24, 2.45) is 11.8 Å². The number of carbonyl (C=O) groups excluding carboxylic acids is 3. The maximum Gasteiger partial charge on any atom is 0.250 e. The Balaban J connectivity index is 1.31. The zero-order valence-corrected chi connectivity index (χ0v) is 23.1. The van der Waals surface area contributed by atoms with Crippen LogP contribution in [0.25, 0.3) is 16.5 Å². The van der Waals surface area contributed by atoms with Gasteiger partial charge in [0.15, 0.2) is 5.78 Å². The summed E-state index contributed by atoms with van der Waals surface area (Å²) < 4.78 is 16.7. The summed E-state index contributed by atoms with van der Waals surface area (Å²) in [7, 11) is 0. The van der Waals surface area contributed by atoms with Crippen molar-refractivity contribution in [2.45, 2.75) is 51.9 Å². The fourth-order valence-electron chi connectivity index (χ4n) is 5.77. The summed E-state index contributed by atoms with van der Waals surface area (Å²) in [6.45, 7) is 3.76. The van der Waals surface area contributed by atoms with Gasteiger partial charge >= 0.3 is 0 Å². The molecule has 8 heteroatoms. The van der Waals surface area contributed by atoms with Crippen molar-refractivity contribution in [3.05, 3.63) is 101 Å². The second-order valence-corrected chi connectivity index (χ2v) is 11.2. The molecule has 208 valence electrons. The standard InChI is InChI=1S/C33H31FN4O3/c1-19-15-30(38(37-19)25-8-6-22-13-14-35-20(2)28(22)18-25)31(39)17-24-16-23(7-11-29(24)34)26(9-5-21-3-4-21)27-10-12-32(40)36-33(27)41/h6-8,10-16,18,21,26-27H,3-5,9,17H2,1-2H3,(H,36,40,41). The number of hydrogen-bond donors (Lipinski definition) is 1. The number of carbonyl (C=O) groups is 3. The summed E-state index contributed by atoms with van der Waals surface area (Å²) >= 11 is 0. The van der Waals surface area contributed by atoms with E-state index in [-0.39, 0.29) is 29.6 Å². The molecule has 2 aromatic carbocycles. The molecular weight excluding hydrogens is 519 g/mol. The molecule has 1 fully saturated rings. The number of Topliss-reactive ketones (excluding diaryl/α,β-unsaturated/α-hetero) is 1. The number of aromatic nitrogens is 3. The molecule has 0 bridgehead atoms. The number of ketones is 1. The minimum atomic E-state index is -0.532. The van der Waals surface area contributed by atoms with Gasteiger partial charge in [-0.2, -0.15) is 5.10 Å². The molecule has 1 aliphatic heterocycles. The second kappa shape index (κ2) is 10.8. The van der Waals surface area contributed by atoms with E-state index in [0.717, 1.165) is 40.6 Å². The fourth-order valence-corrected chi connectivity index (χ4v) is 5.77. The number of imide groups is 1. The number of nitrogens with zero attached hydrogens (tertiary/aromatic N) is 3. The average molecular weight is 551 g/mol. The first-order valence-electron chi connectivity index (χ1n) is 14.0. The minimum Gasteiger partial charge on any atom is -0.292 e. The summed E-state index contributed by atoms with van der Waals surface area (Å²) in [5, 5.41) is 8.98. The lowest BCUT2D eigenvalue weighted by Crippen LogP contribution is -2.40. The first-order valence-corrected chi connectivity index (χ1v) is 14.0. The Labute approximate surface area is 237 Å². The highest BCUT2D eigenvalue weighted by Crippen LogP contribution is 2.40. The Kier molecular flexibility index (Phi) is 7.07. The first kappa shape index (κ1) is 26.7. The van der Waals surface area contributed by atoms with E-state index >= 15 is 4.39 Å². The van der Waals surface area contributed by atoms with Crippen LogP contribution in [0.5, 0.6) is 0 Å². The topological polar surface area (TPSA) is 94.0 Å². The van der Waals surface area contributed by atoms with Crippen LogP contribution in [-0.2, 0) is 16.0 Å². The van der Waals surface area contributed by atoms with Gasteiger partial charge in [0.1, 0.15) is 11.5 Å². The number of benzene rings is 2. The van der Waals surface area contributed by atoms with Gasteiger partial charge in [-0.1, -0.05) is 37.1 Å². The predicted octanol–water partition coefficient (Wildman–Crippen LogP) is 5.70. The second-order valence-electron chi connectivity index (χ2n) is 11.2. The van der Waals surface area contributed by atoms with Gasteiger partial charge in [-0.25, -0.2) is 9.07 Å². The van der Waals surface area contributed by atoms with E-state index in [1.54, 1.807) is 35.2 Å². The largest absolute Gasteiger partial charge is 0.292 e. The highest BCUT2D eigenvalue weighted by Gasteiger charge is 2.33. The molecule has 3 heterocycles. The van der Waals surface area contributed by atoms with Gasteiger partial charge in [-0.3, -0.25) is 24.7 Å². The number of nitrogens with one attached hydrogen (secondary N) is 1. The van der Waals surface area contributed by atoms with Crippen molar-refractivity contribution in [2.75, 3.05) is 0 Å². The number of hydrogen-bond acceptors (Lipinski definition) is 5. The van der Waals surface area contributed by atoms with E-state index in [4.69, 9.17) is 0 Å². The molecule has 4 aromatic rings. The van der Waals surface area contributed by atoms with Crippen LogP contribution in [-0.4, -0.2) is 32.4 Å². The molecule has 2 unspecified atom stereocenters. The van der Waals surface area contributed by atoms with Gasteiger partial charge in [0, 0.05) is 29.8 Å². The van der Waals surface area contributed by atoms with E-state index in [0.29, 0.717) is 17.3 Å². The first-order chi connectivity index (χ1) is 19.8. The zero-order valence-electron chi connectivity index (χ0n) is 23.1. The van der Waals surface area contributed by atoms with E-state index < -0.39 is 17.6 Å². The van der Waals surface area contributed by atoms with Crippen LogP contribution in [0.15, 0.2) is 66.9 Å². The number of aryl methyl sites for hydroxylation is 2. The Morgan fingerprint density at radius 2 is 1.93 bits per heavy atom. The highest BCUT2D eigenvalue weighted by molar-refractivity contribution is 6.05. The predicted molar refractivity (Wildman–Crippen MR) is 153 cm³/mol. The quantitative estimate of drug-likeness (QED) is 0.213. The summed E-state index contributed by atoms with van der Waals surface area (Å²) in [5.74, 6) is -1.62. The molecular formula is C33H31FN4O3. The maximum atomic E-state index is 15.1. The van der Waals surface area contributed by atoms with Crippen molar-refractivity contribution in [1.82, 2.24) is 20.1 Å². The SMILES string of the molecule is Cc1cc(C(=O)Cc2cc(C(CCC3CC3)C3C=CC(=O)NC3=O)ccc2F)n(-c2ccc3ccnc(C)c3c2)n1. The lowest BCUT2D eigenvalue weighted by Gasteiger charge is -2.27. The summed E-state index contributed by atoms with van der Waals surface area (Å²) in [5.41, 5.74) is 3.70. The zero-order chi connectivity index (χ0) is 28.7. The van der Waals surface area contributed by atoms with Gasteiger partial charge in [-0.05, 0) is 85.4 Å². The molecule has 6 rings (SSSR count). The van der Waals surface area contributed by atoms with Gasteiger partial charge in [-0.15, -0.1) is 0 Å². The Hall–Kier alpha value is -4.46. The van der Waals surface area contributed by atoms with Crippen LogP contribution in [0.3, 0.4) is 0 Å². The molecule has 2 aromatic heterocycles. The molecule has 2 amide bonds. The third-order valence-corrected chi connectivity index (χ3v) is 8.18. The number of amides is 2. The van der Waals surface area contributed by atoms with E-state index in [2.05, 4.69) is 15.4 Å². The van der Waals surface area contributed by atoms with Gasteiger partial charge in [0.2, 0.25) is 11.8 Å². The number of fused-ring (bicyclic) bond motifs is 1.